The van der Waals surface area contributed by atoms with E-state index in [1.807, 2.05) is 24.3 Å². The van der Waals surface area contributed by atoms with Crippen LogP contribution in [0.4, 0.5) is 0 Å². The number of rotatable bonds is 4. The summed E-state index contributed by atoms with van der Waals surface area (Å²) >= 11 is 3.43. The van der Waals surface area contributed by atoms with Crippen LogP contribution in [-0.4, -0.2) is 30.6 Å². The summed E-state index contributed by atoms with van der Waals surface area (Å²) in [5.41, 5.74) is 0. The molecule has 1 aliphatic rings. The molecular weight excluding hydrogens is 290 g/mol. The average Bonchev–Trinajstić information content (AvgIpc) is 2.57. The topological polar surface area (TPSA) is 12.5 Å². The Bertz CT molecular complexity index is 352. The van der Waals surface area contributed by atoms with Crippen LogP contribution < -0.4 is 4.74 Å². The third-order valence-corrected chi connectivity index (χ3v) is 4.18. The zero-order chi connectivity index (χ0) is 12.8. The van der Waals surface area contributed by atoms with Crippen LogP contribution in [-0.2, 0) is 0 Å². The SMILES string of the molecule is CC1CCCCCN1CCOc1ccc(Br)cc1. The molecule has 0 amide bonds. The molecule has 0 N–H and O–H groups in total. The van der Waals surface area contributed by atoms with E-state index in [0.717, 1.165) is 23.4 Å². The Morgan fingerprint density at radius 2 is 2.00 bits per heavy atom. The molecule has 3 heteroatoms. The van der Waals surface area contributed by atoms with Gasteiger partial charge in [-0.05, 0) is 50.6 Å². The second-order valence-corrected chi connectivity index (χ2v) is 5.95. The van der Waals surface area contributed by atoms with E-state index in [1.54, 1.807) is 0 Å². The fourth-order valence-electron chi connectivity index (χ4n) is 2.48. The van der Waals surface area contributed by atoms with Crippen molar-refractivity contribution in [1.29, 1.82) is 0 Å². The van der Waals surface area contributed by atoms with E-state index in [9.17, 15) is 0 Å². The first kappa shape index (κ1) is 13.9. The Morgan fingerprint density at radius 3 is 2.78 bits per heavy atom. The van der Waals surface area contributed by atoms with E-state index in [2.05, 4.69) is 27.8 Å². The normalized spacial score (nSPS) is 21.6. The molecule has 1 unspecified atom stereocenters. The molecular formula is C15H22BrNO. The summed E-state index contributed by atoms with van der Waals surface area (Å²) in [5.74, 6) is 0.959. The van der Waals surface area contributed by atoms with Crippen LogP contribution in [0, 0.1) is 0 Å². The number of nitrogens with zero attached hydrogens (tertiary/aromatic N) is 1. The van der Waals surface area contributed by atoms with Gasteiger partial charge in [0.2, 0.25) is 0 Å². The van der Waals surface area contributed by atoms with Crippen LogP contribution in [0.2, 0.25) is 0 Å². The molecule has 0 saturated carbocycles. The minimum absolute atomic E-state index is 0.709. The lowest BCUT2D eigenvalue weighted by molar-refractivity contribution is 0.171. The highest BCUT2D eigenvalue weighted by Crippen LogP contribution is 2.18. The van der Waals surface area contributed by atoms with Gasteiger partial charge in [-0.2, -0.15) is 0 Å². The summed E-state index contributed by atoms with van der Waals surface area (Å²) in [6.45, 7) is 5.39. The molecule has 0 radical (unpaired) electrons. The highest BCUT2D eigenvalue weighted by atomic mass is 79.9. The van der Waals surface area contributed by atoms with Gasteiger partial charge in [-0.25, -0.2) is 0 Å². The van der Waals surface area contributed by atoms with Gasteiger partial charge in [0.05, 0.1) is 0 Å². The number of likely N-dealkylation sites (tertiary alicyclic amines) is 1. The Morgan fingerprint density at radius 1 is 1.22 bits per heavy atom. The van der Waals surface area contributed by atoms with E-state index < -0.39 is 0 Å². The highest BCUT2D eigenvalue weighted by molar-refractivity contribution is 9.10. The lowest BCUT2D eigenvalue weighted by atomic mass is 10.1. The summed E-state index contributed by atoms with van der Waals surface area (Å²) < 4.78 is 6.88. The van der Waals surface area contributed by atoms with Crippen molar-refractivity contribution in [3.05, 3.63) is 28.7 Å². The average molecular weight is 312 g/mol. The first-order valence-electron chi connectivity index (χ1n) is 6.88. The number of ether oxygens (including phenoxy) is 1. The predicted molar refractivity (Wildman–Crippen MR) is 79.1 cm³/mol. The van der Waals surface area contributed by atoms with Gasteiger partial charge in [-0.1, -0.05) is 28.8 Å². The van der Waals surface area contributed by atoms with Crippen molar-refractivity contribution in [2.75, 3.05) is 19.7 Å². The maximum atomic E-state index is 5.79. The van der Waals surface area contributed by atoms with Crippen LogP contribution in [0.5, 0.6) is 5.75 Å². The summed E-state index contributed by atoms with van der Waals surface area (Å²) in [6.07, 6.45) is 5.43. The molecule has 0 aliphatic carbocycles. The maximum Gasteiger partial charge on any atom is 0.119 e. The van der Waals surface area contributed by atoms with E-state index >= 15 is 0 Å². The molecule has 18 heavy (non-hydrogen) atoms. The fourth-order valence-corrected chi connectivity index (χ4v) is 2.74. The third kappa shape index (κ3) is 4.29. The van der Waals surface area contributed by atoms with E-state index in [0.29, 0.717) is 6.04 Å². The molecule has 1 aliphatic heterocycles. The van der Waals surface area contributed by atoms with E-state index in [-0.39, 0.29) is 0 Å². The summed E-state index contributed by atoms with van der Waals surface area (Å²) in [7, 11) is 0. The number of halogens is 1. The van der Waals surface area contributed by atoms with Gasteiger partial charge in [0.15, 0.2) is 0 Å². The molecule has 0 spiro atoms. The van der Waals surface area contributed by atoms with Gasteiger partial charge in [-0.3, -0.25) is 4.90 Å². The number of hydrogen-bond acceptors (Lipinski definition) is 2. The monoisotopic (exact) mass is 311 g/mol. The standard InChI is InChI=1S/C15H22BrNO/c1-13-5-3-2-4-10-17(13)11-12-18-15-8-6-14(16)7-9-15/h6-9,13H,2-5,10-12H2,1H3. The van der Waals surface area contributed by atoms with Crippen molar-refractivity contribution in [2.45, 2.75) is 38.6 Å². The summed E-state index contributed by atoms with van der Waals surface area (Å²) in [6, 6.07) is 8.76. The second-order valence-electron chi connectivity index (χ2n) is 5.04. The Kier molecular flexibility index (Phi) is 5.51. The zero-order valence-electron chi connectivity index (χ0n) is 11.1. The van der Waals surface area contributed by atoms with Crippen LogP contribution >= 0.6 is 15.9 Å². The molecule has 1 fully saturated rings. The smallest absolute Gasteiger partial charge is 0.119 e. The molecule has 1 saturated heterocycles. The van der Waals surface area contributed by atoms with Crippen molar-refractivity contribution < 1.29 is 4.74 Å². The molecule has 0 aromatic heterocycles. The maximum absolute atomic E-state index is 5.79. The van der Waals surface area contributed by atoms with Crippen LogP contribution in [0.3, 0.4) is 0 Å². The predicted octanol–water partition coefficient (Wildman–Crippen LogP) is 4.09. The van der Waals surface area contributed by atoms with Crippen molar-refractivity contribution in [2.24, 2.45) is 0 Å². The second kappa shape index (κ2) is 7.15. The Hall–Kier alpha value is -0.540. The lowest BCUT2D eigenvalue weighted by Gasteiger charge is -2.26. The summed E-state index contributed by atoms with van der Waals surface area (Å²) in [4.78, 5) is 2.56. The minimum Gasteiger partial charge on any atom is -0.492 e. The third-order valence-electron chi connectivity index (χ3n) is 3.65. The van der Waals surface area contributed by atoms with E-state index in [1.165, 1.54) is 32.2 Å². The van der Waals surface area contributed by atoms with Gasteiger partial charge < -0.3 is 4.74 Å². The largest absolute Gasteiger partial charge is 0.492 e. The van der Waals surface area contributed by atoms with Crippen molar-refractivity contribution in [1.82, 2.24) is 4.90 Å². The van der Waals surface area contributed by atoms with Crippen LogP contribution in [0.25, 0.3) is 0 Å². The first-order chi connectivity index (χ1) is 8.75. The molecule has 1 atom stereocenters. The van der Waals surface area contributed by atoms with Crippen molar-refractivity contribution in [3.63, 3.8) is 0 Å². The quantitative estimate of drug-likeness (QED) is 0.830. The number of benzene rings is 1. The Balaban J connectivity index is 1.75. The van der Waals surface area contributed by atoms with Gasteiger partial charge in [0, 0.05) is 17.1 Å². The lowest BCUT2D eigenvalue weighted by Crippen LogP contribution is -2.35. The molecule has 1 aromatic carbocycles. The van der Waals surface area contributed by atoms with Gasteiger partial charge in [0.25, 0.3) is 0 Å². The molecule has 1 aromatic rings. The van der Waals surface area contributed by atoms with Gasteiger partial charge in [0.1, 0.15) is 12.4 Å². The van der Waals surface area contributed by atoms with Crippen molar-refractivity contribution in [3.8, 4) is 5.75 Å². The van der Waals surface area contributed by atoms with E-state index in [4.69, 9.17) is 4.74 Å². The zero-order valence-corrected chi connectivity index (χ0v) is 12.7. The first-order valence-corrected chi connectivity index (χ1v) is 7.67. The van der Waals surface area contributed by atoms with Gasteiger partial charge >= 0.3 is 0 Å². The summed E-state index contributed by atoms with van der Waals surface area (Å²) in [5, 5.41) is 0. The molecule has 0 bridgehead atoms. The highest BCUT2D eigenvalue weighted by Gasteiger charge is 2.16. The number of hydrogen-bond donors (Lipinski definition) is 0. The fraction of sp³-hybridized carbons (Fsp3) is 0.600. The Labute approximate surface area is 118 Å². The molecule has 1 heterocycles. The van der Waals surface area contributed by atoms with Crippen molar-refractivity contribution >= 4 is 15.9 Å². The van der Waals surface area contributed by atoms with Crippen LogP contribution in [0.15, 0.2) is 28.7 Å². The molecule has 2 nitrogen and oxygen atoms in total. The minimum atomic E-state index is 0.709. The molecule has 2 rings (SSSR count). The molecule has 100 valence electrons. The van der Waals surface area contributed by atoms with Crippen LogP contribution in [0.1, 0.15) is 32.6 Å². The van der Waals surface area contributed by atoms with Gasteiger partial charge in [-0.15, -0.1) is 0 Å².